The highest BCUT2D eigenvalue weighted by Crippen LogP contribution is 2.22. The standard InChI is InChI=1S/C16H22N4O/c1-2-20-8-5-15(18-20)11-19-10-14(16(21)12-19)9-13-3-6-17-7-4-13/h3-8,14,16,21H,2,9-12H2,1H3/t14-,16-/m1/s1. The van der Waals surface area contributed by atoms with Crippen molar-refractivity contribution in [3.05, 3.63) is 48.0 Å². The molecule has 5 nitrogen and oxygen atoms in total. The van der Waals surface area contributed by atoms with Gasteiger partial charge in [-0.05, 0) is 37.1 Å². The van der Waals surface area contributed by atoms with E-state index in [9.17, 15) is 5.11 Å². The second kappa shape index (κ2) is 6.37. The van der Waals surface area contributed by atoms with Gasteiger partial charge in [0, 0.05) is 50.7 Å². The Kier molecular flexibility index (Phi) is 4.31. The van der Waals surface area contributed by atoms with Crippen molar-refractivity contribution in [1.29, 1.82) is 0 Å². The molecule has 5 heteroatoms. The SMILES string of the molecule is CCn1ccc(CN2C[C@@H](Cc3ccncc3)[C@H](O)C2)n1. The highest BCUT2D eigenvalue weighted by molar-refractivity contribution is 5.12. The second-order valence-corrected chi connectivity index (χ2v) is 5.74. The summed E-state index contributed by atoms with van der Waals surface area (Å²) in [6.07, 6.45) is 6.28. The maximum atomic E-state index is 10.3. The fourth-order valence-corrected chi connectivity index (χ4v) is 2.99. The van der Waals surface area contributed by atoms with Gasteiger partial charge in [-0.1, -0.05) is 0 Å². The topological polar surface area (TPSA) is 54.2 Å². The molecule has 112 valence electrons. The molecular formula is C16H22N4O. The Labute approximate surface area is 125 Å². The predicted molar refractivity (Wildman–Crippen MR) is 80.6 cm³/mol. The number of aryl methyl sites for hydroxylation is 1. The molecule has 1 saturated heterocycles. The lowest BCUT2D eigenvalue weighted by Gasteiger charge is -2.14. The van der Waals surface area contributed by atoms with Crippen LogP contribution in [0.25, 0.3) is 0 Å². The number of nitrogens with zero attached hydrogens (tertiary/aromatic N) is 4. The molecule has 2 aromatic heterocycles. The van der Waals surface area contributed by atoms with E-state index in [2.05, 4.69) is 28.0 Å². The zero-order valence-electron chi connectivity index (χ0n) is 12.4. The molecule has 0 amide bonds. The molecule has 0 aromatic carbocycles. The van der Waals surface area contributed by atoms with Crippen molar-refractivity contribution in [2.45, 2.75) is 32.5 Å². The van der Waals surface area contributed by atoms with E-state index in [0.29, 0.717) is 5.92 Å². The number of aliphatic hydroxyl groups is 1. The minimum atomic E-state index is -0.258. The van der Waals surface area contributed by atoms with Crippen LogP contribution in [0.4, 0.5) is 0 Å². The van der Waals surface area contributed by atoms with Gasteiger partial charge >= 0.3 is 0 Å². The molecule has 0 spiro atoms. The monoisotopic (exact) mass is 286 g/mol. The van der Waals surface area contributed by atoms with Gasteiger partial charge in [-0.3, -0.25) is 14.6 Å². The Morgan fingerprint density at radius 1 is 1.24 bits per heavy atom. The van der Waals surface area contributed by atoms with Crippen molar-refractivity contribution in [2.24, 2.45) is 5.92 Å². The number of aromatic nitrogens is 3. The van der Waals surface area contributed by atoms with Gasteiger partial charge in [-0.2, -0.15) is 5.10 Å². The molecule has 0 saturated carbocycles. The molecule has 0 aliphatic carbocycles. The summed E-state index contributed by atoms with van der Waals surface area (Å²) >= 11 is 0. The maximum absolute atomic E-state index is 10.3. The van der Waals surface area contributed by atoms with Gasteiger partial charge in [0.05, 0.1) is 11.8 Å². The molecule has 1 aliphatic heterocycles. The lowest BCUT2D eigenvalue weighted by Crippen LogP contribution is -2.21. The normalized spacial score (nSPS) is 22.8. The van der Waals surface area contributed by atoms with Crippen molar-refractivity contribution in [2.75, 3.05) is 13.1 Å². The van der Waals surface area contributed by atoms with E-state index in [1.165, 1.54) is 5.56 Å². The molecule has 0 unspecified atom stereocenters. The van der Waals surface area contributed by atoms with Crippen LogP contribution in [0, 0.1) is 5.92 Å². The predicted octanol–water partition coefficient (Wildman–Crippen LogP) is 1.33. The van der Waals surface area contributed by atoms with E-state index in [1.807, 2.05) is 35.4 Å². The number of rotatable bonds is 5. The van der Waals surface area contributed by atoms with Gasteiger partial charge in [-0.25, -0.2) is 0 Å². The summed E-state index contributed by atoms with van der Waals surface area (Å²) in [6.45, 7) is 5.45. The largest absolute Gasteiger partial charge is 0.391 e. The summed E-state index contributed by atoms with van der Waals surface area (Å²) in [5, 5.41) is 14.8. The van der Waals surface area contributed by atoms with Crippen LogP contribution in [0.5, 0.6) is 0 Å². The molecule has 0 radical (unpaired) electrons. The van der Waals surface area contributed by atoms with Gasteiger partial charge in [-0.15, -0.1) is 0 Å². The summed E-state index contributed by atoms with van der Waals surface area (Å²) in [4.78, 5) is 6.33. The van der Waals surface area contributed by atoms with Crippen LogP contribution in [0.2, 0.25) is 0 Å². The quantitative estimate of drug-likeness (QED) is 0.901. The molecule has 3 heterocycles. The molecule has 2 aromatic rings. The Morgan fingerprint density at radius 2 is 2.05 bits per heavy atom. The van der Waals surface area contributed by atoms with Crippen LogP contribution >= 0.6 is 0 Å². The Bertz CT molecular complexity index is 569. The minimum absolute atomic E-state index is 0.258. The third-order valence-corrected chi connectivity index (χ3v) is 4.13. The molecule has 2 atom stereocenters. The number of hydrogen-bond donors (Lipinski definition) is 1. The van der Waals surface area contributed by atoms with Crippen molar-refractivity contribution >= 4 is 0 Å². The van der Waals surface area contributed by atoms with Gasteiger partial charge in [0.2, 0.25) is 0 Å². The second-order valence-electron chi connectivity index (χ2n) is 5.74. The zero-order chi connectivity index (χ0) is 14.7. The average molecular weight is 286 g/mol. The number of β-amino-alcohol motifs (C(OH)–C–C–N with tert-alkyl or cyclic N) is 1. The first-order chi connectivity index (χ1) is 10.2. The summed E-state index contributed by atoms with van der Waals surface area (Å²) in [7, 11) is 0. The molecule has 0 bridgehead atoms. The molecule has 1 aliphatic rings. The van der Waals surface area contributed by atoms with Crippen LogP contribution < -0.4 is 0 Å². The highest BCUT2D eigenvalue weighted by Gasteiger charge is 2.31. The van der Waals surface area contributed by atoms with Gasteiger partial charge in [0.25, 0.3) is 0 Å². The fourth-order valence-electron chi connectivity index (χ4n) is 2.99. The summed E-state index contributed by atoms with van der Waals surface area (Å²) in [5.41, 5.74) is 2.32. The van der Waals surface area contributed by atoms with E-state index in [4.69, 9.17) is 0 Å². The molecule has 21 heavy (non-hydrogen) atoms. The van der Waals surface area contributed by atoms with E-state index in [1.54, 1.807) is 0 Å². The average Bonchev–Trinajstić information content (AvgIpc) is 3.08. The van der Waals surface area contributed by atoms with E-state index in [0.717, 1.165) is 38.3 Å². The lowest BCUT2D eigenvalue weighted by molar-refractivity contribution is 0.141. The van der Waals surface area contributed by atoms with E-state index in [-0.39, 0.29) is 6.10 Å². The third-order valence-electron chi connectivity index (χ3n) is 4.13. The first-order valence-electron chi connectivity index (χ1n) is 7.56. The lowest BCUT2D eigenvalue weighted by atomic mass is 9.97. The van der Waals surface area contributed by atoms with Crippen molar-refractivity contribution in [1.82, 2.24) is 19.7 Å². The number of hydrogen-bond acceptors (Lipinski definition) is 4. The van der Waals surface area contributed by atoms with Crippen molar-refractivity contribution < 1.29 is 5.11 Å². The Balaban J connectivity index is 1.58. The van der Waals surface area contributed by atoms with Crippen molar-refractivity contribution in [3.63, 3.8) is 0 Å². The van der Waals surface area contributed by atoms with Gasteiger partial charge in [0.15, 0.2) is 0 Å². The summed E-state index contributed by atoms with van der Waals surface area (Å²) in [5.74, 6) is 0.292. The molecule has 1 N–H and O–H groups in total. The highest BCUT2D eigenvalue weighted by atomic mass is 16.3. The van der Waals surface area contributed by atoms with Gasteiger partial charge in [0.1, 0.15) is 0 Å². The first kappa shape index (κ1) is 14.2. The Morgan fingerprint density at radius 3 is 2.76 bits per heavy atom. The van der Waals surface area contributed by atoms with Crippen LogP contribution in [0.15, 0.2) is 36.8 Å². The van der Waals surface area contributed by atoms with Crippen LogP contribution in [0.3, 0.4) is 0 Å². The first-order valence-corrected chi connectivity index (χ1v) is 7.56. The smallest absolute Gasteiger partial charge is 0.0764 e. The van der Waals surface area contributed by atoms with Crippen LogP contribution in [-0.2, 0) is 19.5 Å². The summed E-state index contributed by atoms with van der Waals surface area (Å²) < 4.78 is 1.94. The summed E-state index contributed by atoms with van der Waals surface area (Å²) in [6, 6.07) is 6.11. The minimum Gasteiger partial charge on any atom is -0.391 e. The fraction of sp³-hybridized carbons (Fsp3) is 0.500. The van der Waals surface area contributed by atoms with Gasteiger partial charge < -0.3 is 5.11 Å². The van der Waals surface area contributed by atoms with E-state index >= 15 is 0 Å². The Hall–Kier alpha value is -1.72. The number of pyridine rings is 1. The number of aliphatic hydroxyl groups excluding tert-OH is 1. The molecule has 1 fully saturated rings. The van der Waals surface area contributed by atoms with Crippen molar-refractivity contribution in [3.8, 4) is 0 Å². The third kappa shape index (κ3) is 3.49. The zero-order valence-corrected chi connectivity index (χ0v) is 12.4. The molecular weight excluding hydrogens is 264 g/mol. The molecule has 3 rings (SSSR count). The van der Waals surface area contributed by atoms with Crippen LogP contribution in [0.1, 0.15) is 18.2 Å². The van der Waals surface area contributed by atoms with Crippen LogP contribution in [-0.4, -0.2) is 44.0 Å². The van der Waals surface area contributed by atoms with E-state index < -0.39 is 0 Å². The maximum Gasteiger partial charge on any atom is 0.0764 e. The number of likely N-dealkylation sites (tertiary alicyclic amines) is 1.